The first-order chi connectivity index (χ1) is 6.58. The lowest BCUT2D eigenvalue weighted by Crippen LogP contribution is -2.45. The van der Waals surface area contributed by atoms with Crippen molar-refractivity contribution in [2.75, 3.05) is 13.2 Å². The third kappa shape index (κ3) is 7.93. The van der Waals surface area contributed by atoms with Gasteiger partial charge in [-0.05, 0) is 27.2 Å². The van der Waals surface area contributed by atoms with E-state index >= 15 is 0 Å². The molecule has 0 aromatic heterocycles. The van der Waals surface area contributed by atoms with Crippen LogP contribution >= 0.6 is 0 Å². The van der Waals surface area contributed by atoms with Crippen LogP contribution in [-0.2, 0) is 13.3 Å². The summed E-state index contributed by atoms with van der Waals surface area (Å²) in [4.78, 5) is 0. The molecule has 0 amide bonds. The first kappa shape index (κ1) is 17.5. The van der Waals surface area contributed by atoms with E-state index in [1.54, 1.807) is 0 Å². The van der Waals surface area contributed by atoms with Gasteiger partial charge >= 0.3 is 8.80 Å². The third-order valence-corrected chi connectivity index (χ3v) is 4.38. The second-order valence-electron chi connectivity index (χ2n) is 3.45. The molecule has 0 rings (SSSR count). The maximum absolute atomic E-state index is 5.85. The Morgan fingerprint density at radius 3 is 1.87 bits per heavy atom. The topological polar surface area (TPSA) is 62.7 Å². The van der Waals surface area contributed by atoms with Crippen molar-refractivity contribution in [3.63, 3.8) is 0 Å². The highest BCUT2D eigenvalue weighted by Crippen LogP contribution is 2.14. The standard InChI is InChI=1S/C10H24O3Si.H3N/c1-6-9-10(4)13-14(5,11-7-2)12-8-3;/h10H,6-9H2,1-5H3;1H3. The van der Waals surface area contributed by atoms with Crippen LogP contribution in [0, 0.1) is 0 Å². The molecular weight excluding hydrogens is 210 g/mol. The maximum atomic E-state index is 5.85. The highest BCUT2D eigenvalue weighted by Gasteiger charge is 2.35. The van der Waals surface area contributed by atoms with Gasteiger partial charge in [0.25, 0.3) is 0 Å². The average molecular weight is 237 g/mol. The van der Waals surface area contributed by atoms with Crippen LogP contribution < -0.4 is 6.15 Å². The maximum Gasteiger partial charge on any atom is 0.497 e. The summed E-state index contributed by atoms with van der Waals surface area (Å²) in [6.45, 7) is 11.4. The van der Waals surface area contributed by atoms with Gasteiger partial charge in [0, 0.05) is 25.9 Å². The molecule has 0 saturated heterocycles. The zero-order chi connectivity index (χ0) is 11.0. The van der Waals surface area contributed by atoms with E-state index in [9.17, 15) is 0 Å². The first-order valence-electron chi connectivity index (χ1n) is 5.53. The fourth-order valence-corrected chi connectivity index (χ4v) is 3.58. The van der Waals surface area contributed by atoms with Crippen molar-refractivity contribution >= 4 is 8.80 Å². The fourth-order valence-electron chi connectivity index (χ4n) is 1.46. The van der Waals surface area contributed by atoms with Crippen LogP contribution in [0.2, 0.25) is 6.55 Å². The van der Waals surface area contributed by atoms with Crippen molar-refractivity contribution in [3.05, 3.63) is 0 Å². The van der Waals surface area contributed by atoms with E-state index in [0.29, 0.717) is 13.2 Å². The van der Waals surface area contributed by atoms with Gasteiger partial charge in [-0.25, -0.2) is 0 Å². The van der Waals surface area contributed by atoms with Gasteiger partial charge in [-0.3, -0.25) is 0 Å². The molecule has 3 N–H and O–H groups in total. The van der Waals surface area contributed by atoms with Crippen LogP contribution in [0.4, 0.5) is 0 Å². The van der Waals surface area contributed by atoms with Crippen LogP contribution in [0.5, 0.6) is 0 Å². The second kappa shape index (κ2) is 9.29. The van der Waals surface area contributed by atoms with E-state index in [2.05, 4.69) is 13.8 Å². The zero-order valence-electron chi connectivity index (χ0n) is 10.8. The molecule has 94 valence electrons. The summed E-state index contributed by atoms with van der Waals surface area (Å²) in [5.74, 6) is 0. The van der Waals surface area contributed by atoms with Gasteiger partial charge in [0.1, 0.15) is 0 Å². The van der Waals surface area contributed by atoms with E-state index in [0.717, 1.165) is 12.8 Å². The Morgan fingerprint density at radius 2 is 1.53 bits per heavy atom. The molecule has 0 spiro atoms. The molecule has 0 bridgehead atoms. The summed E-state index contributed by atoms with van der Waals surface area (Å²) in [6, 6.07) is 0. The Kier molecular flexibility index (Phi) is 10.8. The predicted molar refractivity (Wildman–Crippen MR) is 65.3 cm³/mol. The zero-order valence-corrected chi connectivity index (χ0v) is 11.8. The molecule has 0 aliphatic rings. The third-order valence-electron chi connectivity index (χ3n) is 1.92. The van der Waals surface area contributed by atoms with Gasteiger partial charge in [-0.15, -0.1) is 0 Å². The molecule has 1 unspecified atom stereocenters. The van der Waals surface area contributed by atoms with Gasteiger partial charge in [-0.1, -0.05) is 13.3 Å². The van der Waals surface area contributed by atoms with Crippen LogP contribution in [0.25, 0.3) is 0 Å². The summed E-state index contributed by atoms with van der Waals surface area (Å²) in [5.41, 5.74) is 0. The van der Waals surface area contributed by atoms with Gasteiger partial charge in [-0.2, -0.15) is 0 Å². The Morgan fingerprint density at radius 1 is 1.07 bits per heavy atom. The lowest BCUT2D eigenvalue weighted by atomic mass is 10.2. The van der Waals surface area contributed by atoms with Gasteiger partial charge in [0.05, 0.1) is 0 Å². The number of rotatable bonds is 8. The summed E-state index contributed by atoms with van der Waals surface area (Å²) in [6.07, 6.45) is 2.42. The van der Waals surface area contributed by atoms with E-state index in [1.165, 1.54) is 0 Å². The normalized spacial score (nSPS) is 13.4. The molecule has 5 heteroatoms. The van der Waals surface area contributed by atoms with Crippen molar-refractivity contribution in [1.29, 1.82) is 0 Å². The average Bonchev–Trinajstić information content (AvgIpc) is 2.04. The molecule has 0 aromatic rings. The van der Waals surface area contributed by atoms with Crippen LogP contribution in [0.1, 0.15) is 40.5 Å². The summed E-state index contributed by atoms with van der Waals surface area (Å²) >= 11 is 0. The lowest BCUT2D eigenvalue weighted by molar-refractivity contribution is 0.0414. The SMILES string of the molecule is CCCC(C)O[Si](C)(OCC)OCC.N. The Hall–Kier alpha value is 0.0569. The number of hydrogen-bond acceptors (Lipinski definition) is 4. The minimum atomic E-state index is -2.35. The molecule has 0 saturated carbocycles. The molecule has 0 radical (unpaired) electrons. The molecule has 0 heterocycles. The molecule has 0 aromatic carbocycles. The molecule has 0 aliphatic heterocycles. The largest absolute Gasteiger partial charge is 0.497 e. The minimum Gasteiger partial charge on any atom is -0.374 e. The van der Waals surface area contributed by atoms with E-state index in [4.69, 9.17) is 13.3 Å². The Balaban J connectivity index is 0. The van der Waals surface area contributed by atoms with Crippen LogP contribution in [0.3, 0.4) is 0 Å². The highest BCUT2D eigenvalue weighted by atomic mass is 28.4. The second-order valence-corrected chi connectivity index (χ2v) is 5.98. The Labute approximate surface area is 95.3 Å². The summed E-state index contributed by atoms with van der Waals surface area (Å²) in [7, 11) is -2.35. The molecule has 0 aliphatic carbocycles. The lowest BCUT2D eigenvalue weighted by Gasteiger charge is -2.28. The monoisotopic (exact) mass is 237 g/mol. The van der Waals surface area contributed by atoms with Gasteiger partial charge < -0.3 is 19.4 Å². The minimum absolute atomic E-state index is 0. The van der Waals surface area contributed by atoms with Crippen molar-refractivity contribution in [2.45, 2.75) is 53.2 Å². The molecule has 15 heavy (non-hydrogen) atoms. The molecule has 4 nitrogen and oxygen atoms in total. The fraction of sp³-hybridized carbons (Fsp3) is 1.00. The predicted octanol–water partition coefficient (Wildman–Crippen LogP) is 3.00. The van der Waals surface area contributed by atoms with Crippen molar-refractivity contribution < 1.29 is 13.3 Å². The van der Waals surface area contributed by atoms with Crippen LogP contribution in [0.15, 0.2) is 0 Å². The van der Waals surface area contributed by atoms with E-state index < -0.39 is 8.80 Å². The summed E-state index contributed by atoms with van der Waals surface area (Å²) < 4.78 is 17.0. The van der Waals surface area contributed by atoms with Crippen molar-refractivity contribution in [3.8, 4) is 0 Å². The van der Waals surface area contributed by atoms with Crippen molar-refractivity contribution in [2.24, 2.45) is 0 Å². The van der Waals surface area contributed by atoms with Crippen molar-refractivity contribution in [1.82, 2.24) is 6.15 Å². The number of hydrogen-bond donors (Lipinski definition) is 1. The quantitative estimate of drug-likeness (QED) is 0.659. The van der Waals surface area contributed by atoms with Gasteiger partial charge in [0.2, 0.25) is 0 Å². The van der Waals surface area contributed by atoms with Gasteiger partial charge in [0.15, 0.2) is 0 Å². The highest BCUT2D eigenvalue weighted by molar-refractivity contribution is 6.59. The Bertz CT molecular complexity index is 141. The van der Waals surface area contributed by atoms with E-state index in [-0.39, 0.29) is 12.3 Å². The molecule has 0 fully saturated rings. The first-order valence-corrected chi connectivity index (χ1v) is 7.76. The smallest absolute Gasteiger partial charge is 0.374 e. The molecular formula is C10H27NO3Si. The van der Waals surface area contributed by atoms with Crippen LogP contribution in [-0.4, -0.2) is 28.1 Å². The molecule has 1 atom stereocenters. The summed E-state index contributed by atoms with van der Waals surface area (Å²) in [5, 5.41) is 0. The van der Waals surface area contributed by atoms with E-state index in [1.807, 2.05) is 20.4 Å².